The standard InChI is InChI=1S/C44H60N24O4/c1-5-31-57-61-67(59-31)29-15-27(35(69)37(29)71)65-21-49-33-39(53-43(55-41(33)65)45-13-11-25-17-63(3)19-47-25)51-23-7-9-24(10-8-23)52-40-34-42(56-44(54-40)46-14-12-26-18-64(4)20-48-26)66(22-50-34)28-16-30(38(72)36(28)70)68-60-32(6-2)58-62-68/h17-24,27-30,35-38,69-72H,5-16H2,1-4H3,(H2,45,51,53,55)(H2,46,52,54,56)/t23-,24-,27-,28-,29+,30+,35+,36+,37-,38-/m1/s1. The normalized spacial score (nSPS) is 25.5. The Hall–Kier alpha value is -7.30. The van der Waals surface area contributed by atoms with Gasteiger partial charge in [-0.05, 0) is 49.0 Å². The highest BCUT2D eigenvalue weighted by Crippen LogP contribution is 2.41. The van der Waals surface area contributed by atoms with Gasteiger partial charge >= 0.3 is 0 Å². The molecule has 8 atom stereocenters. The first-order valence-electron chi connectivity index (χ1n) is 24.7. The summed E-state index contributed by atoms with van der Waals surface area (Å²) in [6.45, 7) is 4.91. The number of aromatic nitrogens is 20. The molecule has 0 bridgehead atoms. The number of imidazole rings is 4. The number of aliphatic hydroxyl groups excluding tert-OH is 4. The SMILES string of the molecule is CCc1nnn([C@H]2C[C@@H](n3cnc4c(N[C@H]5CC[C@H](Nc6nc(NCCc7cn(C)cn7)nc7c6ncn7[C@@H]6C[C@H](n7nnc(CC)n7)[C@@H](O)[C@H]6O)CC5)nc(NCCc5cn(C)cn5)nc43)[C@H](O)[C@@H]2O)n1. The molecule has 0 amide bonds. The van der Waals surface area contributed by atoms with Gasteiger partial charge in [0.1, 0.15) is 36.5 Å². The molecule has 72 heavy (non-hydrogen) atoms. The van der Waals surface area contributed by atoms with Crippen LogP contribution in [0.4, 0.5) is 23.5 Å². The Balaban J connectivity index is 0.821. The molecule has 8 aromatic heterocycles. The molecule has 3 aliphatic carbocycles. The van der Waals surface area contributed by atoms with Crippen LogP contribution in [0, 0.1) is 0 Å². The number of anilines is 4. The van der Waals surface area contributed by atoms with Gasteiger partial charge in [0.15, 0.2) is 45.6 Å². The Morgan fingerprint density at radius 1 is 0.542 bits per heavy atom. The lowest BCUT2D eigenvalue weighted by molar-refractivity contribution is 0.00473. The molecule has 3 aliphatic rings. The number of hydrogen-bond acceptors (Lipinski definition) is 22. The van der Waals surface area contributed by atoms with Crippen LogP contribution in [0.1, 0.15) is 99.6 Å². The Labute approximate surface area is 411 Å². The molecule has 0 aliphatic heterocycles. The van der Waals surface area contributed by atoms with Crippen LogP contribution in [-0.4, -0.2) is 169 Å². The molecule has 0 radical (unpaired) electrons. The fourth-order valence-electron chi connectivity index (χ4n) is 10.3. The van der Waals surface area contributed by atoms with Crippen molar-refractivity contribution in [1.29, 1.82) is 0 Å². The summed E-state index contributed by atoms with van der Waals surface area (Å²) in [6.07, 6.45) is 12.5. The summed E-state index contributed by atoms with van der Waals surface area (Å²) in [5.74, 6) is 3.01. The Morgan fingerprint density at radius 2 is 0.958 bits per heavy atom. The number of rotatable bonds is 18. The Bertz CT molecular complexity index is 2920. The fourth-order valence-corrected chi connectivity index (χ4v) is 10.3. The number of tetrazole rings is 2. The van der Waals surface area contributed by atoms with Crippen LogP contribution in [-0.2, 0) is 39.8 Å². The Morgan fingerprint density at radius 3 is 1.33 bits per heavy atom. The summed E-state index contributed by atoms with van der Waals surface area (Å²) >= 11 is 0. The molecule has 0 unspecified atom stereocenters. The number of nitrogens with zero attached hydrogens (tertiary/aromatic N) is 20. The van der Waals surface area contributed by atoms with Gasteiger partial charge in [-0.2, -0.15) is 29.5 Å². The van der Waals surface area contributed by atoms with Crippen LogP contribution in [0.2, 0.25) is 0 Å². The lowest BCUT2D eigenvalue weighted by Gasteiger charge is -2.30. The van der Waals surface area contributed by atoms with E-state index < -0.39 is 48.6 Å². The van der Waals surface area contributed by atoms with E-state index in [1.54, 1.807) is 25.3 Å². The zero-order valence-corrected chi connectivity index (χ0v) is 40.5. The van der Waals surface area contributed by atoms with Crippen molar-refractivity contribution in [3.05, 3.63) is 60.7 Å². The van der Waals surface area contributed by atoms with Crippen molar-refractivity contribution >= 4 is 45.9 Å². The maximum atomic E-state index is 11.4. The molecular formula is C44H60N24O4. The number of aryl methyl sites for hydroxylation is 4. The van der Waals surface area contributed by atoms with Gasteiger partial charge in [-0.1, -0.05) is 13.8 Å². The van der Waals surface area contributed by atoms with E-state index in [4.69, 9.17) is 29.9 Å². The van der Waals surface area contributed by atoms with Crippen molar-refractivity contribution in [2.24, 2.45) is 14.1 Å². The number of hydrogen-bond donors (Lipinski definition) is 8. The first-order valence-corrected chi connectivity index (χ1v) is 24.7. The zero-order valence-electron chi connectivity index (χ0n) is 40.5. The van der Waals surface area contributed by atoms with Crippen LogP contribution < -0.4 is 21.3 Å². The molecule has 8 N–H and O–H groups in total. The predicted octanol–water partition coefficient (Wildman–Crippen LogP) is 0.491. The third kappa shape index (κ3) is 9.24. The van der Waals surface area contributed by atoms with Gasteiger partial charge in [0, 0.05) is 77.3 Å². The van der Waals surface area contributed by atoms with Crippen molar-refractivity contribution in [2.75, 3.05) is 34.4 Å². The fraction of sp³-hybridized carbons (Fsp3) is 0.591. The van der Waals surface area contributed by atoms with Gasteiger partial charge in [-0.25, -0.2) is 19.9 Å². The molecular weight excluding hydrogens is 929 g/mol. The largest absolute Gasteiger partial charge is 0.388 e. The van der Waals surface area contributed by atoms with Crippen LogP contribution in [0.25, 0.3) is 22.3 Å². The first kappa shape index (κ1) is 47.0. The van der Waals surface area contributed by atoms with E-state index in [-0.39, 0.29) is 12.1 Å². The van der Waals surface area contributed by atoms with E-state index in [1.807, 2.05) is 58.6 Å². The maximum Gasteiger partial charge on any atom is 0.226 e. The lowest BCUT2D eigenvalue weighted by atomic mass is 9.91. The van der Waals surface area contributed by atoms with Gasteiger partial charge in [0.05, 0.1) is 48.8 Å². The molecule has 0 spiro atoms. The van der Waals surface area contributed by atoms with E-state index in [1.165, 1.54) is 9.59 Å². The van der Waals surface area contributed by atoms with Gasteiger partial charge in [0.2, 0.25) is 11.9 Å². The minimum Gasteiger partial charge on any atom is -0.388 e. The van der Waals surface area contributed by atoms with Gasteiger partial charge < -0.3 is 60.0 Å². The summed E-state index contributed by atoms with van der Waals surface area (Å²) in [5.41, 5.74) is 3.96. The maximum absolute atomic E-state index is 11.4. The van der Waals surface area contributed by atoms with Crippen LogP contribution >= 0.6 is 0 Å². The summed E-state index contributed by atoms with van der Waals surface area (Å²) in [5, 5.41) is 84.9. The highest BCUT2D eigenvalue weighted by atomic mass is 16.3. The lowest BCUT2D eigenvalue weighted by Crippen LogP contribution is -2.33. The second-order valence-electron chi connectivity index (χ2n) is 19.2. The molecule has 3 fully saturated rings. The van der Waals surface area contributed by atoms with E-state index in [9.17, 15) is 20.4 Å². The zero-order chi connectivity index (χ0) is 49.6. The summed E-state index contributed by atoms with van der Waals surface area (Å²) < 4.78 is 7.44. The van der Waals surface area contributed by atoms with Crippen LogP contribution in [0.3, 0.4) is 0 Å². The molecule has 28 nitrogen and oxygen atoms in total. The second-order valence-corrected chi connectivity index (χ2v) is 19.2. The molecule has 0 saturated heterocycles. The van der Waals surface area contributed by atoms with Gasteiger partial charge in [0.25, 0.3) is 0 Å². The Kier molecular flexibility index (Phi) is 12.9. The highest BCUT2D eigenvalue weighted by molar-refractivity contribution is 5.85. The van der Waals surface area contributed by atoms with Crippen molar-refractivity contribution in [2.45, 2.75) is 139 Å². The number of fused-ring (bicyclic) bond motifs is 2. The first-order chi connectivity index (χ1) is 35.0. The minimum atomic E-state index is -1.15. The molecule has 11 rings (SSSR count). The predicted molar refractivity (Wildman–Crippen MR) is 259 cm³/mol. The average Bonchev–Trinajstić information content (AvgIpc) is 4.26. The molecule has 8 heterocycles. The summed E-state index contributed by atoms with van der Waals surface area (Å²) in [6, 6.07) is -2.28. The van der Waals surface area contributed by atoms with Crippen molar-refractivity contribution < 1.29 is 20.4 Å². The molecule has 0 aromatic carbocycles. The summed E-state index contributed by atoms with van der Waals surface area (Å²) in [4.78, 5) is 41.0. The van der Waals surface area contributed by atoms with E-state index in [2.05, 4.69) is 62.1 Å². The number of aliphatic hydroxyl groups is 4. The second kappa shape index (κ2) is 19.7. The van der Waals surface area contributed by atoms with E-state index in [0.717, 1.165) is 37.1 Å². The summed E-state index contributed by atoms with van der Waals surface area (Å²) in [7, 11) is 3.87. The quantitative estimate of drug-likeness (QED) is 0.0580. The molecule has 28 heteroatoms. The smallest absolute Gasteiger partial charge is 0.226 e. The van der Waals surface area contributed by atoms with Crippen molar-refractivity contribution in [3.8, 4) is 0 Å². The number of nitrogens with one attached hydrogen (secondary N) is 4. The molecule has 8 aromatic rings. The highest BCUT2D eigenvalue weighted by Gasteiger charge is 2.47. The van der Waals surface area contributed by atoms with Crippen LogP contribution in [0.15, 0.2) is 37.7 Å². The average molecular weight is 989 g/mol. The topological polar surface area (TPSA) is 339 Å². The van der Waals surface area contributed by atoms with Crippen molar-refractivity contribution in [3.63, 3.8) is 0 Å². The minimum absolute atomic E-state index is 0.0339. The monoisotopic (exact) mass is 989 g/mol. The van der Waals surface area contributed by atoms with E-state index in [0.29, 0.717) is 109 Å². The molecule has 3 saturated carbocycles. The van der Waals surface area contributed by atoms with Gasteiger partial charge in [-0.15, -0.1) is 20.4 Å². The van der Waals surface area contributed by atoms with Crippen LogP contribution in [0.5, 0.6) is 0 Å². The molecule has 380 valence electrons. The van der Waals surface area contributed by atoms with E-state index >= 15 is 0 Å². The van der Waals surface area contributed by atoms with Gasteiger partial charge in [-0.3, -0.25) is 0 Å². The third-order valence-corrected chi connectivity index (χ3v) is 14.2. The van der Waals surface area contributed by atoms with Crippen molar-refractivity contribution in [1.82, 2.24) is 98.6 Å². The third-order valence-electron chi connectivity index (χ3n) is 14.2.